The molecular weight excluding hydrogens is 388 g/mol. The predicted octanol–water partition coefficient (Wildman–Crippen LogP) is 2.99. The van der Waals surface area contributed by atoms with Gasteiger partial charge in [0.2, 0.25) is 5.91 Å². The van der Waals surface area contributed by atoms with Gasteiger partial charge in [0.25, 0.3) is 0 Å². The van der Waals surface area contributed by atoms with Crippen LogP contribution in [0.15, 0.2) is 54.9 Å². The van der Waals surface area contributed by atoms with Crippen LogP contribution < -0.4 is 4.90 Å². The molecule has 0 radical (unpaired) electrons. The van der Waals surface area contributed by atoms with E-state index < -0.39 is 0 Å². The minimum absolute atomic E-state index is 0.00991. The van der Waals surface area contributed by atoms with E-state index in [1.165, 1.54) is 0 Å². The third kappa shape index (κ3) is 4.63. The molecule has 1 aliphatic heterocycles. The van der Waals surface area contributed by atoms with E-state index in [-0.39, 0.29) is 5.91 Å². The molecule has 1 aromatic carbocycles. The van der Waals surface area contributed by atoms with Gasteiger partial charge in [0.1, 0.15) is 11.6 Å². The molecule has 4 rings (SSSR count). The van der Waals surface area contributed by atoms with Crippen LogP contribution in [0.2, 0.25) is 5.02 Å². The number of anilines is 1. The molecule has 0 bridgehead atoms. The molecule has 1 aliphatic rings. The summed E-state index contributed by atoms with van der Waals surface area (Å²) in [6.45, 7) is 4.59. The van der Waals surface area contributed by atoms with Gasteiger partial charge in [-0.15, -0.1) is 0 Å². The van der Waals surface area contributed by atoms with Crippen LogP contribution in [0, 0.1) is 6.92 Å². The summed E-state index contributed by atoms with van der Waals surface area (Å²) < 4.78 is 1.72. The van der Waals surface area contributed by atoms with Gasteiger partial charge >= 0.3 is 0 Å². The van der Waals surface area contributed by atoms with E-state index in [2.05, 4.69) is 20.0 Å². The highest BCUT2D eigenvalue weighted by Crippen LogP contribution is 2.17. The highest BCUT2D eigenvalue weighted by Gasteiger charge is 2.21. The van der Waals surface area contributed by atoms with Crippen LogP contribution in [-0.2, 0) is 4.79 Å². The Morgan fingerprint density at radius 1 is 1.07 bits per heavy atom. The van der Waals surface area contributed by atoms with Crippen molar-refractivity contribution < 1.29 is 4.79 Å². The Hall–Kier alpha value is -3.19. The van der Waals surface area contributed by atoms with E-state index in [4.69, 9.17) is 11.6 Å². The standard InChI is InChI=1S/C21H21ClN6O/c1-16-24-19(15-20(25-16)28-10-2-9-23-28)26-11-13-27(14-12-26)21(29)8-5-17-3-6-18(22)7-4-17/h2-10,15H,11-14H2,1H3/b8-5+. The molecule has 7 nitrogen and oxygen atoms in total. The Morgan fingerprint density at radius 2 is 1.79 bits per heavy atom. The van der Waals surface area contributed by atoms with E-state index in [0.717, 1.165) is 30.3 Å². The van der Waals surface area contributed by atoms with Crippen molar-refractivity contribution in [3.8, 4) is 5.82 Å². The summed E-state index contributed by atoms with van der Waals surface area (Å²) >= 11 is 5.89. The second-order valence-corrected chi connectivity index (χ2v) is 7.22. The third-order valence-electron chi connectivity index (χ3n) is 4.75. The second kappa shape index (κ2) is 8.45. The maximum atomic E-state index is 12.5. The summed E-state index contributed by atoms with van der Waals surface area (Å²) in [7, 11) is 0. The van der Waals surface area contributed by atoms with Crippen LogP contribution in [0.4, 0.5) is 5.82 Å². The summed E-state index contributed by atoms with van der Waals surface area (Å²) in [4.78, 5) is 25.5. The first-order valence-electron chi connectivity index (χ1n) is 9.42. The van der Waals surface area contributed by atoms with Gasteiger partial charge in [0.15, 0.2) is 5.82 Å². The number of benzene rings is 1. The van der Waals surface area contributed by atoms with Crippen LogP contribution in [-0.4, -0.2) is 56.7 Å². The van der Waals surface area contributed by atoms with Crippen molar-refractivity contribution in [3.63, 3.8) is 0 Å². The fourth-order valence-electron chi connectivity index (χ4n) is 3.22. The topological polar surface area (TPSA) is 67.2 Å². The van der Waals surface area contributed by atoms with Gasteiger partial charge in [-0.3, -0.25) is 4.79 Å². The minimum atomic E-state index is 0.00991. The predicted molar refractivity (Wildman–Crippen MR) is 113 cm³/mol. The number of aromatic nitrogens is 4. The summed E-state index contributed by atoms with van der Waals surface area (Å²) in [5, 5.41) is 4.92. The van der Waals surface area contributed by atoms with Gasteiger partial charge < -0.3 is 9.80 Å². The highest BCUT2D eigenvalue weighted by atomic mass is 35.5. The molecule has 0 spiro atoms. The van der Waals surface area contributed by atoms with Crippen molar-refractivity contribution >= 4 is 29.4 Å². The molecule has 1 amide bonds. The summed E-state index contributed by atoms with van der Waals surface area (Å²) in [6, 6.07) is 11.2. The van der Waals surface area contributed by atoms with Crippen molar-refractivity contribution in [2.24, 2.45) is 0 Å². The van der Waals surface area contributed by atoms with Gasteiger partial charge in [-0.25, -0.2) is 14.6 Å². The van der Waals surface area contributed by atoms with Gasteiger partial charge in [0.05, 0.1) is 0 Å². The van der Waals surface area contributed by atoms with Crippen LogP contribution in [0.3, 0.4) is 0 Å². The molecule has 29 heavy (non-hydrogen) atoms. The molecular formula is C21H21ClN6O. The molecule has 148 valence electrons. The Kier molecular flexibility index (Phi) is 5.57. The van der Waals surface area contributed by atoms with Crippen LogP contribution in [0.1, 0.15) is 11.4 Å². The Labute approximate surface area is 174 Å². The van der Waals surface area contributed by atoms with Gasteiger partial charge in [-0.2, -0.15) is 5.10 Å². The second-order valence-electron chi connectivity index (χ2n) is 6.78. The maximum Gasteiger partial charge on any atom is 0.246 e. The Morgan fingerprint density at radius 3 is 2.48 bits per heavy atom. The molecule has 1 fully saturated rings. The van der Waals surface area contributed by atoms with Crippen LogP contribution in [0.5, 0.6) is 0 Å². The number of halogens is 1. The minimum Gasteiger partial charge on any atom is -0.353 e. The zero-order chi connectivity index (χ0) is 20.2. The van der Waals surface area contributed by atoms with Gasteiger partial charge in [-0.05, 0) is 36.8 Å². The lowest BCUT2D eigenvalue weighted by molar-refractivity contribution is -0.126. The first-order chi connectivity index (χ1) is 14.1. The molecule has 3 heterocycles. The maximum absolute atomic E-state index is 12.5. The lowest BCUT2D eigenvalue weighted by atomic mass is 10.2. The smallest absolute Gasteiger partial charge is 0.246 e. The molecule has 2 aromatic heterocycles. The molecule has 3 aromatic rings. The van der Waals surface area contributed by atoms with Crippen LogP contribution in [0.25, 0.3) is 11.9 Å². The van der Waals surface area contributed by atoms with Crippen LogP contribution >= 0.6 is 11.6 Å². The quantitative estimate of drug-likeness (QED) is 0.621. The molecule has 1 saturated heterocycles. The zero-order valence-corrected chi connectivity index (χ0v) is 16.8. The molecule has 0 atom stereocenters. The number of nitrogens with zero attached hydrogens (tertiary/aromatic N) is 6. The van der Waals surface area contributed by atoms with Crippen molar-refractivity contribution in [2.45, 2.75) is 6.92 Å². The first-order valence-corrected chi connectivity index (χ1v) is 9.79. The van der Waals surface area contributed by atoms with Gasteiger partial charge in [-0.1, -0.05) is 23.7 Å². The Balaban J connectivity index is 1.39. The van der Waals surface area contributed by atoms with E-state index >= 15 is 0 Å². The summed E-state index contributed by atoms with van der Waals surface area (Å²) in [6.07, 6.45) is 7.01. The van der Waals surface area contributed by atoms with Crippen molar-refractivity contribution in [1.82, 2.24) is 24.6 Å². The van der Waals surface area contributed by atoms with E-state index in [9.17, 15) is 4.79 Å². The van der Waals surface area contributed by atoms with E-state index in [1.54, 1.807) is 17.0 Å². The lowest BCUT2D eigenvalue weighted by Crippen LogP contribution is -2.48. The number of piperazine rings is 1. The third-order valence-corrected chi connectivity index (χ3v) is 5.01. The van der Waals surface area contributed by atoms with E-state index in [0.29, 0.717) is 23.9 Å². The van der Waals surface area contributed by atoms with Crippen molar-refractivity contribution in [2.75, 3.05) is 31.1 Å². The summed E-state index contributed by atoms with van der Waals surface area (Å²) in [5.74, 6) is 2.29. The average molecular weight is 409 g/mol. The van der Waals surface area contributed by atoms with Crippen molar-refractivity contribution in [3.05, 3.63) is 71.3 Å². The normalized spacial score (nSPS) is 14.6. The van der Waals surface area contributed by atoms with Crippen molar-refractivity contribution in [1.29, 1.82) is 0 Å². The number of aryl methyl sites for hydroxylation is 1. The summed E-state index contributed by atoms with van der Waals surface area (Å²) in [5.41, 5.74) is 0.948. The lowest BCUT2D eigenvalue weighted by Gasteiger charge is -2.35. The molecule has 0 saturated carbocycles. The highest BCUT2D eigenvalue weighted by molar-refractivity contribution is 6.30. The number of hydrogen-bond acceptors (Lipinski definition) is 5. The number of carbonyl (C=O) groups excluding carboxylic acids is 1. The van der Waals surface area contributed by atoms with Gasteiger partial charge in [0, 0.05) is 55.7 Å². The number of rotatable bonds is 4. The monoisotopic (exact) mass is 408 g/mol. The Bertz CT molecular complexity index is 1010. The number of carbonyl (C=O) groups is 1. The number of hydrogen-bond donors (Lipinski definition) is 0. The largest absolute Gasteiger partial charge is 0.353 e. The molecule has 0 unspecified atom stereocenters. The number of amides is 1. The molecule has 0 N–H and O–H groups in total. The SMILES string of the molecule is Cc1nc(N2CCN(C(=O)/C=C/c3ccc(Cl)cc3)CC2)cc(-n2cccn2)n1. The average Bonchev–Trinajstić information content (AvgIpc) is 3.28. The first kappa shape index (κ1) is 19.1. The fraction of sp³-hybridized carbons (Fsp3) is 0.238. The molecule has 0 aliphatic carbocycles. The van der Waals surface area contributed by atoms with E-state index in [1.807, 2.05) is 60.5 Å². The zero-order valence-electron chi connectivity index (χ0n) is 16.1. The fourth-order valence-corrected chi connectivity index (χ4v) is 3.35. The molecule has 8 heteroatoms.